The summed E-state index contributed by atoms with van der Waals surface area (Å²) in [6.07, 6.45) is 4.69. The highest BCUT2D eigenvalue weighted by Crippen LogP contribution is 2.10. The molecule has 24 heavy (non-hydrogen) atoms. The minimum atomic E-state index is -0.224. The van der Waals surface area contributed by atoms with Gasteiger partial charge in [0.15, 0.2) is 0 Å². The SMILES string of the molecule is O=C(/C=C/c1cnc2ccccc2n1)NCc1ccccc1CO. The summed E-state index contributed by atoms with van der Waals surface area (Å²) in [7, 11) is 0. The molecule has 0 atom stereocenters. The summed E-state index contributed by atoms with van der Waals surface area (Å²) >= 11 is 0. The summed E-state index contributed by atoms with van der Waals surface area (Å²) in [6.45, 7) is 0.317. The van der Waals surface area contributed by atoms with Gasteiger partial charge in [0.2, 0.25) is 5.91 Å². The standard InChI is InChI=1S/C19H17N3O2/c23-13-15-6-2-1-5-14(15)11-21-19(24)10-9-16-12-20-17-7-3-4-8-18(17)22-16/h1-10,12,23H,11,13H2,(H,21,24)/b10-9+. The number of aliphatic hydroxyl groups is 1. The Kier molecular flexibility index (Phi) is 4.93. The average Bonchev–Trinajstić information content (AvgIpc) is 2.64. The molecule has 5 heteroatoms. The van der Waals surface area contributed by atoms with Crippen molar-refractivity contribution >= 4 is 23.0 Å². The number of para-hydroxylation sites is 2. The van der Waals surface area contributed by atoms with E-state index in [1.165, 1.54) is 6.08 Å². The lowest BCUT2D eigenvalue weighted by Crippen LogP contribution is -2.21. The van der Waals surface area contributed by atoms with E-state index in [-0.39, 0.29) is 12.5 Å². The number of benzene rings is 2. The number of carbonyl (C=O) groups excluding carboxylic acids is 1. The van der Waals surface area contributed by atoms with Crippen LogP contribution in [-0.2, 0) is 17.9 Å². The van der Waals surface area contributed by atoms with Crippen molar-refractivity contribution in [3.8, 4) is 0 Å². The molecule has 0 aliphatic carbocycles. The molecule has 0 spiro atoms. The van der Waals surface area contributed by atoms with Crippen LogP contribution in [0.4, 0.5) is 0 Å². The average molecular weight is 319 g/mol. The van der Waals surface area contributed by atoms with E-state index in [1.807, 2.05) is 48.5 Å². The fourth-order valence-corrected chi connectivity index (χ4v) is 2.34. The molecule has 0 radical (unpaired) electrons. The van der Waals surface area contributed by atoms with Gasteiger partial charge >= 0.3 is 0 Å². The minimum Gasteiger partial charge on any atom is -0.392 e. The Hall–Kier alpha value is -3.05. The van der Waals surface area contributed by atoms with Crippen LogP contribution in [0.5, 0.6) is 0 Å². The lowest BCUT2D eigenvalue weighted by Gasteiger charge is -2.07. The third-order valence-corrected chi connectivity index (χ3v) is 3.61. The Morgan fingerprint density at radius 2 is 1.75 bits per heavy atom. The number of aromatic nitrogens is 2. The number of nitrogens with zero attached hydrogens (tertiary/aromatic N) is 2. The maximum absolute atomic E-state index is 11.9. The number of carbonyl (C=O) groups is 1. The van der Waals surface area contributed by atoms with Gasteiger partial charge in [-0.15, -0.1) is 0 Å². The van der Waals surface area contributed by atoms with Gasteiger partial charge in [0.05, 0.1) is 29.5 Å². The Morgan fingerprint density at radius 3 is 2.54 bits per heavy atom. The number of hydrogen-bond acceptors (Lipinski definition) is 4. The smallest absolute Gasteiger partial charge is 0.244 e. The molecule has 5 nitrogen and oxygen atoms in total. The Balaban J connectivity index is 1.64. The van der Waals surface area contributed by atoms with Crippen LogP contribution in [0.1, 0.15) is 16.8 Å². The molecule has 0 unspecified atom stereocenters. The number of rotatable bonds is 5. The summed E-state index contributed by atoms with van der Waals surface area (Å²) < 4.78 is 0. The van der Waals surface area contributed by atoms with Gasteiger partial charge in [-0.25, -0.2) is 4.98 Å². The topological polar surface area (TPSA) is 75.1 Å². The van der Waals surface area contributed by atoms with Crippen molar-refractivity contribution in [2.45, 2.75) is 13.2 Å². The van der Waals surface area contributed by atoms with Gasteiger partial charge < -0.3 is 10.4 Å². The van der Waals surface area contributed by atoms with E-state index in [1.54, 1.807) is 12.3 Å². The van der Waals surface area contributed by atoms with Crippen LogP contribution < -0.4 is 5.32 Å². The number of nitrogens with one attached hydrogen (secondary N) is 1. The lowest BCUT2D eigenvalue weighted by molar-refractivity contribution is -0.116. The highest BCUT2D eigenvalue weighted by atomic mass is 16.3. The van der Waals surface area contributed by atoms with Crippen molar-refractivity contribution in [3.63, 3.8) is 0 Å². The van der Waals surface area contributed by atoms with Gasteiger partial charge in [-0.3, -0.25) is 9.78 Å². The Morgan fingerprint density at radius 1 is 1.04 bits per heavy atom. The van der Waals surface area contributed by atoms with Crippen LogP contribution in [-0.4, -0.2) is 21.0 Å². The maximum Gasteiger partial charge on any atom is 0.244 e. The van der Waals surface area contributed by atoms with Crippen molar-refractivity contribution in [1.82, 2.24) is 15.3 Å². The molecule has 120 valence electrons. The minimum absolute atomic E-state index is 0.0471. The first kappa shape index (κ1) is 15.8. The van der Waals surface area contributed by atoms with E-state index < -0.39 is 0 Å². The molecule has 2 aromatic carbocycles. The van der Waals surface area contributed by atoms with Gasteiger partial charge in [-0.1, -0.05) is 36.4 Å². The molecule has 3 aromatic rings. The molecule has 0 saturated heterocycles. The zero-order chi connectivity index (χ0) is 16.8. The molecule has 0 aliphatic heterocycles. The van der Waals surface area contributed by atoms with Crippen LogP contribution in [0.2, 0.25) is 0 Å². The summed E-state index contributed by atoms with van der Waals surface area (Å²) in [5, 5.41) is 12.1. The molecular weight excluding hydrogens is 302 g/mol. The van der Waals surface area contributed by atoms with E-state index >= 15 is 0 Å². The Labute approximate surface area is 139 Å². The van der Waals surface area contributed by atoms with Gasteiger partial charge in [0.25, 0.3) is 0 Å². The summed E-state index contributed by atoms with van der Waals surface area (Å²) in [5.41, 5.74) is 3.94. The summed E-state index contributed by atoms with van der Waals surface area (Å²) in [6, 6.07) is 15.0. The molecule has 1 aromatic heterocycles. The zero-order valence-electron chi connectivity index (χ0n) is 13.0. The third-order valence-electron chi connectivity index (χ3n) is 3.61. The normalized spacial score (nSPS) is 11.0. The second-order valence-electron chi connectivity index (χ2n) is 5.26. The quantitative estimate of drug-likeness (QED) is 0.708. The van der Waals surface area contributed by atoms with Crippen molar-refractivity contribution in [2.75, 3.05) is 0 Å². The van der Waals surface area contributed by atoms with Gasteiger partial charge in [-0.05, 0) is 29.3 Å². The molecule has 2 N–H and O–H groups in total. The van der Waals surface area contributed by atoms with Crippen LogP contribution >= 0.6 is 0 Å². The monoisotopic (exact) mass is 319 g/mol. The first-order valence-electron chi connectivity index (χ1n) is 7.61. The highest BCUT2D eigenvalue weighted by Gasteiger charge is 2.02. The van der Waals surface area contributed by atoms with Crippen molar-refractivity contribution < 1.29 is 9.90 Å². The van der Waals surface area contributed by atoms with E-state index in [2.05, 4.69) is 15.3 Å². The molecule has 1 heterocycles. The molecule has 0 fully saturated rings. The molecule has 1 amide bonds. The number of fused-ring (bicyclic) bond motifs is 1. The number of amides is 1. The summed E-state index contributed by atoms with van der Waals surface area (Å²) in [4.78, 5) is 20.7. The van der Waals surface area contributed by atoms with Crippen LogP contribution in [0, 0.1) is 0 Å². The Bertz CT molecular complexity index is 890. The molecule has 0 saturated carbocycles. The van der Waals surface area contributed by atoms with E-state index in [4.69, 9.17) is 0 Å². The molecule has 3 rings (SSSR count). The van der Waals surface area contributed by atoms with Gasteiger partial charge in [0, 0.05) is 12.6 Å². The van der Waals surface area contributed by atoms with Gasteiger partial charge in [-0.2, -0.15) is 0 Å². The van der Waals surface area contributed by atoms with Crippen LogP contribution in [0.3, 0.4) is 0 Å². The van der Waals surface area contributed by atoms with E-state index in [0.29, 0.717) is 12.2 Å². The summed E-state index contributed by atoms with van der Waals surface area (Å²) in [5.74, 6) is -0.224. The van der Waals surface area contributed by atoms with E-state index in [0.717, 1.165) is 22.2 Å². The van der Waals surface area contributed by atoms with E-state index in [9.17, 15) is 9.90 Å². The van der Waals surface area contributed by atoms with Gasteiger partial charge in [0.1, 0.15) is 0 Å². The maximum atomic E-state index is 11.9. The predicted octanol–water partition coefficient (Wildman–Crippen LogP) is 2.45. The fourth-order valence-electron chi connectivity index (χ4n) is 2.34. The largest absolute Gasteiger partial charge is 0.392 e. The first-order chi connectivity index (χ1) is 11.8. The second-order valence-corrected chi connectivity index (χ2v) is 5.26. The van der Waals surface area contributed by atoms with Crippen molar-refractivity contribution in [1.29, 1.82) is 0 Å². The number of hydrogen-bond donors (Lipinski definition) is 2. The molecular formula is C19H17N3O2. The van der Waals surface area contributed by atoms with Crippen LogP contribution in [0.25, 0.3) is 17.1 Å². The fraction of sp³-hybridized carbons (Fsp3) is 0.105. The number of aliphatic hydroxyl groups excluding tert-OH is 1. The predicted molar refractivity (Wildman–Crippen MR) is 92.8 cm³/mol. The molecule has 0 aliphatic rings. The first-order valence-corrected chi connectivity index (χ1v) is 7.61. The van der Waals surface area contributed by atoms with Crippen LogP contribution in [0.15, 0.2) is 60.8 Å². The van der Waals surface area contributed by atoms with Crippen molar-refractivity contribution in [3.05, 3.63) is 77.6 Å². The molecule has 0 bridgehead atoms. The van der Waals surface area contributed by atoms with Crippen molar-refractivity contribution in [2.24, 2.45) is 0 Å². The highest BCUT2D eigenvalue weighted by molar-refractivity contribution is 5.91. The second kappa shape index (κ2) is 7.48. The zero-order valence-corrected chi connectivity index (χ0v) is 13.0. The lowest BCUT2D eigenvalue weighted by atomic mass is 10.1. The third kappa shape index (κ3) is 3.83.